The maximum absolute atomic E-state index is 13.9. The Hall–Kier alpha value is -1.24. The van der Waals surface area contributed by atoms with Crippen molar-refractivity contribution < 1.29 is 4.39 Å². The average Bonchev–Trinajstić information content (AvgIpc) is 2.80. The first kappa shape index (κ1) is 15.2. The van der Waals surface area contributed by atoms with Crippen molar-refractivity contribution in [1.29, 1.82) is 0 Å². The zero-order valence-electron chi connectivity index (χ0n) is 11.5. The number of benzene rings is 1. The minimum atomic E-state index is -0.229. The van der Waals surface area contributed by atoms with Crippen LogP contribution < -0.4 is 11.3 Å². The molecule has 2 aromatic rings. The molecular formula is C14H18BrFN4. The molecule has 0 amide bonds. The molecule has 0 aliphatic carbocycles. The molecule has 0 saturated heterocycles. The summed E-state index contributed by atoms with van der Waals surface area (Å²) in [5.74, 6) is 5.42. The summed E-state index contributed by atoms with van der Waals surface area (Å²) < 4.78 is 16.6. The molecule has 1 atom stereocenters. The van der Waals surface area contributed by atoms with Crippen molar-refractivity contribution in [1.82, 2.24) is 15.2 Å². The standard InChI is InChI=1S/C14H18BrFN4/c1-3-20-14(6-9(2)19-20)13(18-17)8-10-7-11(15)4-5-12(10)16/h4-7,13,18H,3,8,17H2,1-2H3. The summed E-state index contributed by atoms with van der Waals surface area (Å²) in [6, 6.07) is 6.71. The fourth-order valence-electron chi connectivity index (χ4n) is 2.27. The Morgan fingerprint density at radius 2 is 2.20 bits per heavy atom. The Morgan fingerprint density at radius 1 is 1.45 bits per heavy atom. The van der Waals surface area contributed by atoms with Crippen LogP contribution in [0.5, 0.6) is 0 Å². The van der Waals surface area contributed by atoms with Crippen molar-refractivity contribution in [2.24, 2.45) is 5.84 Å². The number of aromatic nitrogens is 2. The minimum absolute atomic E-state index is 0.181. The van der Waals surface area contributed by atoms with Crippen LogP contribution in [0.1, 0.15) is 29.9 Å². The van der Waals surface area contributed by atoms with E-state index >= 15 is 0 Å². The smallest absolute Gasteiger partial charge is 0.126 e. The number of hydrogen-bond acceptors (Lipinski definition) is 3. The highest BCUT2D eigenvalue weighted by molar-refractivity contribution is 9.10. The van der Waals surface area contributed by atoms with E-state index in [0.29, 0.717) is 12.0 Å². The van der Waals surface area contributed by atoms with Crippen molar-refractivity contribution in [3.05, 3.63) is 51.5 Å². The summed E-state index contributed by atoms with van der Waals surface area (Å²) in [7, 11) is 0. The van der Waals surface area contributed by atoms with Crippen LogP contribution in [0, 0.1) is 12.7 Å². The molecule has 2 rings (SSSR count). The SMILES string of the molecule is CCn1nc(C)cc1C(Cc1cc(Br)ccc1F)NN. The third-order valence-corrected chi connectivity index (χ3v) is 3.72. The number of nitrogens with two attached hydrogens (primary N) is 1. The second kappa shape index (κ2) is 6.47. The third-order valence-electron chi connectivity index (χ3n) is 3.22. The molecule has 1 aromatic carbocycles. The molecule has 4 nitrogen and oxygen atoms in total. The maximum Gasteiger partial charge on any atom is 0.126 e. The Bertz CT molecular complexity index is 597. The van der Waals surface area contributed by atoms with Crippen LogP contribution in [0.25, 0.3) is 0 Å². The van der Waals surface area contributed by atoms with Gasteiger partial charge >= 0.3 is 0 Å². The predicted molar refractivity (Wildman–Crippen MR) is 80.5 cm³/mol. The van der Waals surface area contributed by atoms with Crippen LogP contribution in [0.4, 0.5) is 4.39 Å². The molecule has 1 aromatic heterocycles. The van der Waals surface area contributed by atoms with E-state index in [1.165, 1.54) is 6.07 Å². The summed E-state index contributed by atoms with van der Waals surface area (Å²) in [6.07, 6.45) is 0.465. The number of hydrazine groups is 1. The van der Waals surface area contributed by atoms with Crippen molar-refractivity contribution in [3.8, 4) is 0 Å². The predicted octanol–water partition coefficient (Wildman–Crippen LogP) is 2.86. The van der Waals surface area contributed by atoms with Gasteiger partial charge in [-0.2, -0.15) is 5.10 Å². The average molecular weight is 341 g/mol. The van der Waals surface area contributed by atoms with Gasteiger partial charge in [0.1, 0.15) is 5.82 Å². The highest BCUT2D eigenvalue weighted by Gasteiger charge is 2.18. The van der Waals surface area contributed by atoms with E-state index in [4.69, 9.17) is 5.84 Å². The van der Waals surface area contributed by atoms with Crippen molar-refractivity contribution >= 4 is 15.9 Å². The minimum Gasteiger partial charge on any atom is -0.271 e. The largest absolute Gasteiger partial charge is 0.271 e. The van der Waals surface area contributed by atoms with E-state index in [9.17, 15) is 4.39 Å². The lowest BCUT2D eigenvalue weighted by Crippen LogP contribution is -2.31. The monoisotopic (exact) mass is 340 g/mol. The van der Waals surface area contributed by atoms with Gasteiger partial charge in [-0.15, -0.1) is 0 Å². The first-order valence-electron chi connectivity index (χ1n) is 6.49. The van der Waals surface area contributed by atoms with Gasteiger partial charge in [-0.05, 0) is 50.1 Å². The van der Waals surface area contributed by atoms with E-state index in [2.05, 4.69) is 26.5 Å². The zero-order chi connectivity index (χ0) is 14.7. The lowest BCUT2D eigenvalue weighted by molar-refractivity contribution is 0.480. The molecule has 3 N–H and O–H groups in total. The first-order valence-corrected chi connectivity index (χ1v) is 7.28. The van der Waals surface area contributed by atoms with Gasteiger partial charge in [-0.3, -0.25) is 16.0 Å². The van der Waals surface area contributed by atoms with Crippen molar-refractivity contribution in [2.45, 2.75) is 32.9 Å². The van der Waals surface area contributed by atoms with E-state index in [1.807, 2.05) is 24.6 Å². The fourth-order valence-corrected chi connectivity index (χ4v) is 2.68. The second-order valence-corrected chi connectivity index (χ2v) is 5.60. The molecule has 0 radical (unpaired) electrons. The molecule has 1 heterocycles. The summed E-state index contributed by atoms with van der Waals surface area (Å²) in [5.41, 5.74) is 5.27. The van der Waals surface area contributed by atoms with E-state index in [-0.39, 0.29) is 11.9 Å². The van der Waals surface area contributed by atoms with Gasteiger partial charge < -0.3 is 0 Å². The topological polar surface area (TPSA) is 55.9 Å². The summed E-state index contributed by atoms with van der Waals surface area (Å²) >= 11 is 3.36. The lowest BCUT2D eigenvalue weighted by atomic mass is 10.0. The molecule has 6 heteroatoms. The van der Waals surface area contributed by atoms with Crippen LogP contribution in [-0.2, 0) is 13.0 Å². The Labute approximate surface area is 126 Å². The quantitative estimate of drug-likeness (QED) is 0.650. The van der Waals surface area contributed by atoms with Crippen LogP contribution in [0.3, 0.4) is 0 Å². The first-order chi connectivity index (χ1) is 9.55. The molecule has 0 bridgehead atoms. The molecule has 0 spiro atoms. The lowest BCUT2D eigenvalue weighted by Gasteiger charge is -2.17. The van der Waals surface area contributed by atoms with Crippen LogP contribution in [-0.4, -0.2) is 9.78 Å². The van der Waals surface area contributed by atoms with Gasteiger partial charge in [0.25, 0.3) is 0 Å². The molecule has 20 heavy (non-hydrogen) atoms. The fraction of sp³-hybridized carbons (Fsp3) is 0.357. The number of nitrogens with one attached hydrogen (secondary N) is 1. The normalized spacial score (nSPS) is 12.7. The summed E-state index contributed by atoms with van der Waals surface area (Å²) in [4.78, 5) is 0. The van der Waals surface area contributed by atoms with Gasteiger partial charge in [0.05, 0.1) is 17.4 Å². The number of hydrogen-bond donors (Lipinski definition) is 2. The van der Waals surface area contributed by atoms with Crippen molar-refractivity contribution in [3.63, 3.8) is 0 Å². The third kappa shape index (κ3) is 3.26. The molecular weight excluding hydrogens is 323 g/mol. The van der Waals surface area contributed by atoms with Crippen LogP contribution in [0.2, 0.25) is 0 Å². The molecule has 0 fully saturated rings. The van der Waals surface area contributed by atoms with Crippen molar-refractivity contribution in [2.75, 3.05) is 0 Å². The number of nitrogens with zero attached hydrogens (tertiary/aromatic N) is 2. The summed E-state index contributed by atoms with van der Waals surface area (Å²) in [5, 5.41) is 4.40. The highest BCUT2D eigenvalue weighted by atomic mass is 79.9. The Kier molecular flexibility index (Phi) is 4.91. The summed E-state index contributed by atoms with van der Waals surface area (Å²) in [6.45, 7) is 4.70. The van der Waals surface area contributed by atoms with Gasteiger partial charge in [0, 0.05) is 11.0 Å². The van der Waals surface area contributed by atoms with Gasteiger partial charge in [-0.25, -0.2) is 4.39 Å². The van der Waals surface area contributed by atoms with Gasteiger partial charge in [-0.1, -0.05) is 15.9 Å². The van der Waals surface area contributed by atoms with Gasteiger partial charge in [0.15, 0.2) is 0 Å². The Morgan fingerprint density at radius 3 is 2.85 bits per heavy atom. The molecule has 0 aliphatic heterocycles. The number of aryl methyl sites for hydroxylation is 2. The van der Waals surface area contributed by atoms with E-state index in [0.717, 1.165) is 22.4 Å². The van der Waals surface area contributed by atoms with E-state index in [1.54, 1.807) is 12.1 Å². The Balaban J connectivity index is 2.30. The van der Waals surface area contributed by atoms with E-state index < -0.39 is 0 Å². The van der Waals surface area contributed by atoms with Crippen LogP contribution in [0.15, 0.2) is 28.7 Å². The maximum atomic E-state index is 13.9. The molecule has 1 unspecified atom stereocenters. The number of rotatable bonds is 5. The van der Waals surface area contributed by atoms with Gasteiger partial charge in [0.2, 0.25) is 0 Å². The molecule has 108 valence electrons. The second-order valence-electron chi connectivity index (χ2n) is 4.69. The number of halogens is 2. The highest BCUT2D eigenvalue weighted by Crippen LogP contribution is 2.23. The molecule has 0 saturated carbocycles. The van der Waals surface area contributed by atoms with Crippen LogP contribution >= 0.6 is 15.9 Å². The molecule has 0 aliphatic rings. The zero-order valence-corrected chi connectivity index (χ0v) is 13.1.